The average Bonchev–Trinajstić information content (AvgIpc) is 2.68. The number of anilines is 1. The van der Waals surface area contributed by atoms with Gasteiger partial charge in [-0.1, -0.05) is 73.6 Å². The Kier molecular flexibility index (Phi) is 8.46. The first-order chi connectivity index (χ1) is 14.2. The van der Waals surface area contributed by atoms with Gasteiger partial charge in [0.1, 0.15) is 0 Å². The summed E-state index contributed by atoms with van der Waals surface area (Å²) in [5, 5.41) is 2.85. The fourth-order valence-corrected chi connectivity index (χ4v) is 3.84. The van der Waals surface area contributed by atoms with Crippen molar-refractivity contribution in [3.05, 3.63) is 88.8 Å². The van der Waals surface area contributed by atoms with Crippen LogP contribution in [0.3, 0.4) is 0 Å². The van der Waals surface area contributed by atoms with Gasteiger partial charge >= 0.3 is 0 Å². The Morgan fingerprint density at radius 2 is 1.83 bits per heavy atom. The molecule has 0 fully saturated rings. The van der Waals surface area contributed by atoms with Gasteiger partial charge in [0.05, 0.1) is 7.11 Å². The molecule has 0 heterocycles. The SMILES string of the molecule is COC(C(=O)Nc1ccccc1)=C(C)C=CC=C(C)C=CC1=C(C)CCCC1(C)C. The monoisotopic (exact) mass is 405 g/mol. The lowest BCUT2D eigenvalue weighted by molar-refractivity contribution is -0.115. The first kappa shape index (κ1) is 23.5. The molecule has 0 saturated carbocycles. The van der Waals surface area contributed by atoms with Gasteiger partial charge in [-0.05, 0) is 68.7 Å². The van der Waals surface area contributed by atoms with Crippen LogP contribution < -0.4 is 5.32 Å². The molecule has 0 aliphatic heterocycles. The highest BCUT2D eigenvalue weighted by Crippen LogP contribution is 2.40. The van der Waals surface area contributed by atoms with Gasteiger partial charge in [-0.2, -0.15) is 0 Å². The number of allylic oxidation sites excluding steroid dienone is 9. The van der Waals surface area contributed by atoms with Gasteiger partial charge in [0, 0.05) is 5.69 Å². The van der Waals surface area contributed by atoms with Crippen molar-refractivity contribution in [3.63, 3.8) is 0 Å². The number of methoxy groups -OCH3 is 1. The zero-order valence-corrected chi connectivity index (χ0v) is 19.2. The average molecular weight is 406 g/mol. The maximum atomic E-state index is 12.5. The summed E-state index contributed by atoms with van der Waals surface area (Å²) in [4.78, 5) is 12.5. The van der Waals surface area contributed by atoms with Crippen molar-refractivity contribution < 1.29 is 9.53 Å². The third kappa shape index (κ3) is 6.62. The second kappa shape index (κ2) is 10.8. The molecule has 1 aliphatic rings. The molecule has 0 atom stereocenters. The fraction of sp³-hybridized carbons (Fsp3) is 0.370. The van der Waals surface area contributed by atoms with Crippen molar-refractivity contribution in [3.8, 4) is 0 Å². The highest BCUT2D eigenvalue weighted by atomic mass is 16.5. The quantitative estimate of drug-likeness (QED) is 0.298. The van der Waals surface area contributed by atoms with Crippen molar-refractivity contribution in [1.82, 2.24) is 0 Å². The number of rotatable bonds is 7. The van der Waals surface area contributed by atoms with Crippen LogP contribution in [-0.2, 0) is 9.53 Å². The minimum Gasteiger partial charge on any atom is -0.491 e. The Bertz CT molecular complexity index is 896. The number of amides is 1. The number of carbonyl (C=O) groups is 1. The Hall–Kier alpha value is -2.81. The molecule has 2 rings (SSSR count). The molecule has 1 aromatic carbocycles. The van der Waals surface area contributed by atoms with Gasteiger partial charge in [-0.25, -0.2) is 0 Å². The maximum absolute atomic E-state index is 12.5. The van der Waals surface area contributed by atoms with E-state index in [1.54, 1.807) is 0 Å². The third-order valence-corrected chi connectivity index (χ3v) is 5.56. The predicted molar refractivity (Wildman–Crippen MR) is 127 cm³/mol. The molecule has 1 amide bonds. The molecule has 30 heavy (non-hydrogen) atoms. The molecule has 0 aromatic heterocycles. The zero-order chi connectivity index (χ0) is 22.1. The van der Waals surface area contributed by atoms with Crippen LogP contribution in [0.2, 0.25) is 0 Å². The molecule has 0 radical (unpaired) electrons. The fourth-order valence-electron chi connectivity index (χ4n) is 3.84. The number of benzene rings is 1. The minimum absolute atomic E-state index is 0.244. The van der Waals surface area contributed by atoms with Crippen LogP contribution in [-0.4, -0.2) is 13.0 Å². The first-order valence-electron chi connectivity index (χ1n) is 10.6. The van der Waals surface area contributed by atoms with Gasteiger partial charge in [0.25, 0.3) is 5.91 Å². The smallest absolute Gasteiger partial charge is 0.290 e. The molecule has 3 nitrogen and oxygen atoms in total. The Morgan fingerprint density at radius 3 is 2.47 bits per heavy atom. The van der Waals surface area contributed by atoms with E-state index < -0.39 is 0 Å². The summed E-state index contributed by atoms with van der Waals surface area (Å²) in [7, 11) is 1.52. The van der Waals surface area contributed by atoms with Crippen LogP contribution in [0.5, 0.6) is 0 Å². The van der Waals surface area contributed by atoms with Crippen LogP contribution in [0, 0.1) is 5.41 Å². The lowest BCUT2D eigenvalue weighted by atomic mass is 9.72. The van der Waals surface area contributed by atoms with Crippen molar-refractivity contribution in [2.45, 2.75) is 53.9 Å². The standard InChI is InChI=1S/C27H35NO2/c1-20(17-18-24-21(2)14-11-19-27(24,4)5)12-10-13-22(3)25(30-6)26(29)28-23-15-8-7-9-16-23/h7-10,12-13,15-18H,11,14,19H2,1-6H3,(H,28,29). The van der Waals surface area contributed by atoms with Crippen LogP contribution in [0.1, 0.15) is 53.9 Å². The van der Waals surface area contributed by atoms with E-state index in [0.29, 0.717) is 5.76 Å². The molecule has 1 aromatic rings. The van der Waals surface area contributed by atoms with Crippen molar-refractivity contribution in [2.24, 2.45) is 5.41 Å². The number of ether oxygens (including phenoxy) is 1. The van der Waals surface area contributed by atoms with E-state index >= 15 is 0 Å². The van der Waals surface area contributed by atoms with E-state index in [2.05, 4.69) is 45.2 Å². The summed E-state index contributed by atoms with van der Waals surface area (Å²) >= 11 is 0. The zero-order valence-electron chi connectivity index (χ0n) is 19.2. The summed E-state index contributed by atoms with van der Waals surface area (Å²) in [5.41, 5.74) is 5.87. The molecule has 1 aliphatic carbocycles. The van der Waals surface area contributed by atoms with Crippen LogP contribution in [0.25, 0.3) is 0 Å². The lowest BCUT2D eigenvalue weighted by Gasteiger charge is -2.32. The van der Waals surface area contributed by atoms with Gasteiger partial charge in [0.15, 0.2) is 5.76 Å². The third-order valence-electron chi connectivity index (χ3n) is 5.56. The molecule has 0 unspecified atom stereocenters. The lowest BCUT2D eigenvalue weighted by Crippen LogP contribution is -2.19. The van der Waals surface area contributed by atoms with Gasteiger partial charge in [0.2, 0.25) is 0 Å². The highest BCUT2D eigenvalue weighted by Gasteiger charge is 2.26. The molecule has 3 heteroatoms. The summed E-state index contributed by atoms with van der Waals surface area (Å²) in [6, 6.07) is 9.36. The topological polar surface area (TPSA) is 38.3 Å². The molecule has 0 spiro atoms. The number of hydrogen-bond acceptors (Lipinski definition) is 2. The van der Waals surface area contributed by atoms with E-state index in [1.165, 1.54) is 37.5 Å². The number of nitrogens with one attached hydrogen (secondary N) is 1. The predicted octanol–water partition coefficient (Wildman–Crippen LogP) is 7.13. The van der Waals surface area contributed by atoms with E-state index in [0.717, 1.165) is 16.8 Å². The van der Waals surface area contributed by atoms with Crippen molar-refractivity contribution in [1.29, 1.82) is 0 Å². The molecular formula is C27H35NO2. The van der Waals surface area contributed by atoms with Gasteiger partial charge in [-0.3, -0.25) is 4.79 Å². The Labute approximate surface area is 181 Å². The number of hydrogen-bond donors (Lipinski definition) is 1. The molecular weight excluding hydrogens is 370 g/mol. The van der Waals surface area contributed by atoms with E-state index in [-0.39, 0.29) is 11.3 Å². The first-order valence-corrected chi connectivity index (χ1v) is 10.6. The van der Waals surface area contributed by atoms with E-state index in [1.807, 2.05) is 55.5 Å². The summed E-state index contributed by atoms with van der Waals surface area (Å²) < 4.78 is 5.34. The summed E-state index contributed by atoms with van der Waals surface area (Å²) in [6.07, 6.45) is 14.1. The van der Waals surface area contributed by atoms with Crippen LogP contribution in [0.4, 0.5) is 5.69 Å². The molecule has 0 bridgehead atoms. The summed E-state index contributed by atoms with van der Waals surface area (Å²) in [6.45, 7) is 10.9. The second-order valence-electron chi connectivity index (χ2n) is 8.57. The van der Waals surface area contributed by atoms with Crippen molar-refractivity contribution in [2.75, 3.05) is 12.4 Å². The highest BCUT2D eigenvalue weighted by molar-refractivity contribution is 6.03. The molecule has 160 valence electrons. The number of carbonyl (C=O) groups excluding carboxylic acids is 1. The minimum atomic E-state index is -0.256. The largest absolute Gasteiger partial charge is 0.491 e. The van der Waals surface area contributed by atoms with Gasteiger partial charge < -0.3 is 10.1 Å². The molecule has 0 saturated heterocycles. The van der Waals surface area contributed by atoms with Gasteiger partial charge in [-0.15, -0.1) is 0 Å². The van der Waals surface area contributed by atoms with E-state index in [4.69, 9.17) is 4.74 Å². The van der Waals surface area contributed by atoms with E-state index in [9.17, 15) is 4.79 Å². The number of para-hydroxylation sites is 1. The normalized spacial score (nSPS) is 18.0. The molecule has 1 N–H and O–H groups in total. The Morgan fingerprint density at radius 1 is 1.13 bits per heavy atom. The van der Waals surface area contributed by atoms with Crippen molar-refractivity contribution >= 4 is 11.6 Å². The maximum Gasteiger partial charge on any atom is 0.290 e. The Balaban J connectivity index is 2.08. The second-order valence-corrected chi connectivity index (χ2v) is 8.57. The summed E-state index contributed by atoms with van der Waals surface area (Å²) in [5.74, 6) is 0.0508. The van der Waals surface area contributed by atoms with Crippen LogP contribution >= 0.6 is 0 Å². The van der Waals surface area contributed by atoms with Crippen LogP contribution in [0.15, 0.2) is 88.8 Å².